The molecular weight excluding hydrogens is 408 g/mol. The van der Waals surface area contributed by atoms with Gasteiger partial charge in [-0.15, -0.1) is 5.10 Å². The summed E-state index contributed by atoms with van der Waals surface area (Å²) in [4.78, 5) is 22.0. The summed E-state index contributed by atoms with van der Waals surface area (Å²) in [6.07, 6.45) is 5.83. The molecule has 1 aliphatic heterocycles. The molecule has 1 aliphatic rings. The molecule has 9 nitrogen and oxygen atoms in total. The van der Waals surface area contributed by atoms with Crippen molar-refractivity contribution < 1.29 is 13.9 Å². The van der Waals surface area contributed by atoms with Crippen LogP contribution >= 0.6 is 0 Å². The van der Waals surface area contributed by atoms with Crippen LogP contribution in [0.3, 0.4) is 0 Å². The van der Waals surface area contributed by atoms with Gasteiger partial charge in [0.1, 0.15) is 22.7 Å². The molecule has 1 amide bonds. The number of aryl methyl sites for hydroxylation is 2. The first kappa shape index (κ1) is 20.3. The van der Waals surface area contributed by atoms with Crippen LogP contribution in [0.1, 0.15) is 40.2 Å². The second-order valence-electron chi connectivity index (χ2n) is 8.10. The quantitative estimate of drug-likeness (QED) is 0.517. The highest BCUT2D eigenvalue weighted by atomic mass is 16.5. The van der Waals surface area contributed by atoms with Crippen LogP contribution in [0.5, 0.6) is 0 Å². The SMILES string of the molecule is Cc1cc2nc(C(=O)NC3CCOCC3)cc(Cc3ccc(-c4cn(C)nn4)nc3)c2o1. The Morgan fingerprint density at radius 3 is 2.78 bits per heavy atom. The topological polar surface area (TPSA) is 108 Å². The van der Waals surface area contributed by atoms with Gasteiger partial charge in [-0.2, -0.15) is 0 Å². The number of carbonyl (C=O) groups excluding carboxylic acids is 1. The van der Waals surface area contributed by atoms with Crippen molar-refractivity contribution in [2.24, 2.45) is 7.05 Å². The highest BCUT2D eigenvalue weighted by Crippen LogP contribution is 2.25. The minimum Gasteiger partial charge on any atom is -0.459 e. The number of aromatic nitrogens is 5. The molecule has 0 aromatic carbocycles. The zero-order valence-corrected chi connectivity index (χ0v) is 18.0. The third-order valence-electron chi connectivity index (χ3n) is 5.55. The van der Waals surface area contributed by atoms with Crippen molar-refractivity contribution in [2.75, 3.05) is 13.2 Å². The molecule has 0 aliphatic carbocycles. The van der Waals surface area contributed by atoms with Crippen LogP contribution in [0, 0.1) is 6.92 Å². The van der Waals surface area contributed by atoms with Crippen LogP contribution in [0.15, 0.2) is 41.1 Å². The molecule has 0 saturated carbocycles. The summed E-state index contributed by atoms with van der Waals surface area (Å²) < 4.78 is 12.9. The molecule has 32 heavy (non-hydrogen) atoms. The maximum absolute atomic E-state index is 12.9. The molecular formula is C23H24N6O3. The number of fused-ring (bicyclic) bond motifs is 1. The monoisotopic (exact) mass is 432 g/mol. The Balaban J connectivity index is 1.41. The molecule has 5 heterocycles. The normalized spacial score (nSPS) is 14.7. The zero-order valence-electron chi connectivity index (χ0n) is 18.0. The molecule has 1 fully saturated rings. The van der Waals surface area contributed by atoms with Crippen LogP contribution in [0.4, 0.5) is 0 Å². The fourth-order valence-corrected chi connectivity index (χ4v) is 3.92. The third-order valence-corrected chi connectivity index (χ3v) is 5.55. The third kappa shape index (κ3) is 4.24. The van der Waals surface area contributed by atoms with E-state index in [9.17, 15) is 4.79 Å². The minimum absolute atomic E-state index is 0.112. The van der Waals surface area contributed by atoms with E-state index in [0.717, 1.165) is 41.1 Å². The summed E-state index contributed by atoms with van der Waals surface area (Å²) in [5.74, 6) is 0.585. The predicted molar refractivity (Wildman–Crippen MR) is 117 cm³/mol. The van der Waals surface area contributed by atoms with Crippen molar-refractivity contribution in [3.63, 3.8) is 0 Å². The molecule has 5 rings (SSSR count). The van der Waals surface area contributed by atoms with Gasteiger partial charge in [-0.1, -0.05) is 11.3 Å². The first-order chi connectivity index (χ1) is 15.5. The zero-order chi connectivity index (χ0) is 22.1. The molecule has 0 bridgehead atoms. The Labute approximate surface area is 184 Å². The molecule has 0 radical (unpaired) electrons. The fraction of sp³-hybridized carbons (Fsp3) is 0.348. The first-order valence-electron chi connectivity index (χ1n) is 10.7. The average Bonchev–Trinajstić information content (AvgIpc) is 3.40. The Morgan fingerprint density at radius 2 is 2.06 bits per heavy atom. The van der Waals surface area contributed by atoms with E-state index in [-0.39, 0.29) is 11.9 Å². The predicted octanol–water partition coefficient (Wildman–Crippen LogP) is 2.83. The maximum Gasteiger partial charge on any atom is 0.270 e. The van der Waals surface area contributed by atoms with Gasteiger partial charge in [0.2, 0.25) is 0 Å². The molecule has 0 spiro atoms. The van der Waals surface area contributed by atoms with Crippen molar-refractivity contribution in [1.29, 1.82) is 0 Å². The second kappa shape index (κ2) is 8.51. The van der Waals surface area contributed by atoms with Crippen LogP contribution in [0.25, 0.3) is 22.5 Å². The van der Waals surface area contributed by atoms with Crippen molar-refractivity contribution in [1.82, 2.24) is 30.3 Å². The van der Waals surface area contributed by atoms with E-state index >= 15 is 0 Å². The highest BCUT2D eigenvalue weighted by molar-refractivity contribution is 5.95. The summed E-state index contributed by atoms with van der Waals surface area (Å²) in [5.41, 5.74) is 5.14. The maximum atomic E-state index is 12.9. The van der Waals surface area contributed by atoms with E-state index in [1.54, 1.807) is 4.68 Å². The van der Waals surface area contributed by atoms with Gasteiger partial charge in [-0.05, 0) is 37.5 Å². The largest absolute Gasteiger partial charge is 0.459 e. The Kier molecular flexibility index (Phi) is 5.40. The number of nitrogens with one attached hydrogen (secondary N) is 1. The van der Waals surface area contributed by atoms with E-state index in [4.69, 9.17) is 9.15 Å². The summed E-state index contributed by atoms with van der Waals surface area (Å²) >= 11 is 0. The van der Waals surface area contributed by atoms with Crippen molar-refractivity contribution >= 4 is 17.0 Å². The van der Waals surface area contributed by atoms with Crippen molar-refractivity contribution in [2.45, 2.75) is 32.2 Å². The van der Waals surface area contributed by atoms with Gasteiger partial charge >= 0.3 is 0 Å². The number of carbonyl (C=O) groups is 1. The number of furan rings is 1. The van der Waals surface area contributed by atoms with Crippen LogP contribution in [-0.2, 0) is 18.2 Å². The van der Waals surface area contributed by atoms with Crippen LogP contribution in [-0.4, -0.2) is 50.1 Å². The Morgan fingerprint density at radius 1 is 1.22 bits per heavy atom. The number of pyridine rings is 2. The second-order valence-corrected chi connectivity index (χ2v) is 8.10. The standard InChI is InChI=1S/C23H24N6O3/c1-14-9-19-22(32-14)16(11-20(26-19)23(30)25-17-5-7-31-8-6-17)10-15-3-4-18(24-12-15)21-13-29(2)28-27-21/h3-4,9,11-13,17H,5-8,10H2,1-2H3,(H,25,30). The van der Waals surface area contributed by atoms with E-state index in [1.807, 2.05) is 50.6 Å². The lowest BCUT2D eigenvalue weighted by Crippen LogP contribution is -2.39. The summed E-state index contributed by atoms with van der Waals surface area (Å²) in [6.45, 7) is 3.22. The van der Waals surface area contributed by atoms with E-state index < -0.39 is 0 Å². The van der Waals surface area contributed by atoms with Crippen LogP contribution in [0.2, 0.25) is 0 Å². The first-order valence-corrected chi connectivity index (χ1v) is 10.7. The average molecular weight is 432 g/mol. The molecule has 0 atom stereocenters. The van der Waals surface area contributed by atoms with E-state index in [1.165, 1.54) is 0 Å². The number of ether oxygens (including phenoxy) is 1. The van der Waals surface area contributed by atoms with Gasteiger partial charge in [0.25, 0.3) is 5.91 Å². The lowest BCUT2D eigenvalue weighted by atomic mass is 10.0. The van der Waals surface area contributed by atoms with E-state index in [2.05, 4.69) is 25.6 Å². The molecule has 0 unspecified atom stereocenters. The molecule has 1 N–H and O–H groups in total. The van der Waals surface area contributed by atoms with Gasteiger partial charge < -0.3 is 14.5 Å². The van der Waals surface area contributed by atoms with Crippen LogP contribution < -0.4 is 5.32 Å². The van der Waals surface area contributed by atoms with E-state index in [0.29, 0.717) is 36.4 Å². The lowest BCUT2D eigenvalue weighted by molar-refractivity contribution is 0.0694. The number of rotatable bonds is 5. The molecule has 4 aromatic rings. The molecule has 164 valence electrons. The van der Waals surface area contributed by atoms with Crippen molar-refractivity contribution in [3.05, 3.63) is 59.2 Å². The summed E-state index contributed by atoms with van der Waals surface area (Å²) in [5, 5.41) is 11.1. The van der Waals surface area contributed by atoms with Gasteiger partial charge in [0.15, 0.2) is 5.58 Å². The smallest absolute Gasteiger partial charge is 0.270 e. The number of amides is 1. The summed E-state index contributed by atoms with van der Waals surface area (Å²) in [7, 11) is 1.82. The molecule has 4 aromatic heterocycles. The Hall–Kier alpha value is -3.59. The molecule has 1 saturated heterocycles. The number of hydrogen-bond acceptors (Lipinski definition) is 7. The van der Waals surface area contributed by atoms with Gasteiger partial charge in [-0.25, -0.2) is 4.98 Å². The van der Waals surface area contributed by atoms with Crippen molar-refractivity contribution in [3.8, 4) is 11.4 Å². The highest BCUT2D eigenvalue weighted by Gasteiger charge is 2.20. The minimum atomic E-state index is -0.171. The van der Waals surface area contributed by atoms with Gasteiger partial charge in [-0.3, -0.25) is 14.5 Å². The summed E-state index contributed by atoms with van der Waals surface area (Å²) in [6, 6.07) is 7.71. The lowest BCUT2D eigenvalue weighted by Gasteiger charge is -2.23. The Bertz CT molecular complexity index is 1250. The number of nitrogens with zero attached hydrogens (tertiary/aromatic N) is 5. The fourth-order valence-electron chi connectivity index (χ4n) is 3.92. The molecule has 9 heteroatoms. The van der Waals surface area contributed by atoms with Gasteiger partial charge in [0.05, 0.1) is 11.9 Å². The van der Waals surface area contributed by atoms with Gasteiger partial charge in [0, 0.05) is 50.6 Å². The number of hydrogen-bond donors (Lipinski definition) is 1.